The summed E-state index contributed by atoms with van der Waals surface area (Å²) < 4.78 is 0. The van der Waals surface area contributed by atoms with Gasteiger partial charge in [0.25, 0.3) is 0 Å². The summed E-state index contributed by atoms with van der Waals surface area (Å²) in [7, 11) is 0. The van der Waals surface area contributed by atoms with Gasteiger partial charge in [0.05, 0.1) is 17.8 Å². The number of rotatable bonds is 5. The minimum absolute atomic E-state index is 0.0115. The van der Waals surface area contributed by atoms with Crippen LogP contribution in [0.15, 0.2) is 18.2 Å². The third kappa shape index (κ3) is 3.67. The minimum Gasteiger partial charge on any atom is -0.478 e. The number of nitrogen functional groups attached to an aromatic ring is 1. The van der Waals surface area contributed by atoms with E-state index < -0.39 is 5.97 Å². The summed E-state index contributed by atoms with van der Waals surface area (Å²) in [4.78, 5) is 22.2. The van der Waals surface area contributed by atoms with Gasteiger partial charge in [0.15, 0.2) is 0 Å². The standard InChI is InChI=1S/C11H15N3O3/c1-2-13-10(15)6-14-9-5-7(12)3-4-8(9)11(16)17/h3-5,14H,2,6,12H2,1H3,(H,13,15)(H,16,17). The molecule has 0 spiro atoms. The van der Waals surface area contributed by atoms with Gasteiger partial charge in [-0.2, -0.15) is 0 Å². The number of hydrogen-bond acceptors (Lipinski definition) is 4. The summed E-state index contributed by atoms with van der Waals surface area (Å²) >= 11 is 0. The molecular formula is C11H15N3O3. The van der Waals surface area contributed by atoms with E-state index in [0.717, 1.165) is 0 Å². The van der Waals surface area contributed by atoms with Crippen molar-refractivity contribution < 1.29 is 14.7 Å². The Hall–Kier alpha value is -2.24. The molecule has 1 rings (SSSR count). The predicted octanol–water partition coefficient (Wildman–Crippen LogP) is 0.515. The van der Waals surface area contributed by atoms with E-state index in [0.29, 0.717) is 17.9 Å². The molecule has 17 heavy (non-hydrogen) atoms. The van der Waals surface area contributed by atoms with Crippen LogP contribution >= 0.6 is 0 Å². The number of hydrogen-bond donors (Lipinski definition) is 4. The molecule has 0 saturated carbocycles. The first-order valence-corrected chi connectivity index (χ1v) is 5.18. The van der Waals surface area contributed by atoms with Crippen LogP contribution in [0.1, 0.15) is 17.3 Å². The van der Waals surface area contributed by atoms with Gasteiger partial charge in [0, 0.05) is 12.2 Å². The molecule has 1 aromatic rings. The Balaban J connectivity index is 2.78. The predicted molar refractivity (Wildman–Crippen MR) is 65.0 cm³/mol. The van der Waals surface area contributed by atoms with Crippen molar-refractivity contribution in [2.45, 2.75) is 6.92 Å². The highest BCUT2D eigenvalue weighted by atomic mass is 16.4. The summed E-state index contributed by atoms with van der Waals surface area (Å²) in [6.45, 7) is 2.35. The Morgan fingerprint density at radius 1 is 1.41 bits per heavy atom. The first kappa shape index (κ1) is 12.8. The molecule has 1 aromatic carbocycles. The zero-order valence-electron chi connectivity index (χ0n) is 9.49. The second-order valence-corrected chi connectivity index (χ2v) is 3.42. The molecule has 5 N–H and O–H groups in total. The number of likely N-dealkylation sites (N-methyl/N-ethyl adjacent to an activating group) is 1. The molecule has 0 aliphatic rings. The second-order valence-electron chi connectivity index (χ2n) is 3.42. The maximum Gasteiger partial charge on any atom is 0.337 e. The highest BCUT2D eigenvalue weighted by Gasteiger charge is 2.10. The number of aromatic carboxylic acids is 1. The summed E-state index contributed by atoms with van der Waals surface area (Å²) in [5.74, 6) is -1.27. The molecule has 0 atom stereocenters. The van der Waals surface area contributed by atoms with Crippen molar-refractivity contribution in [1.29, 1.82) is 0 Å². The van der Waals surface area contributed by atoms with Gasteiger partial charge in [0.2, 0.25) is 5.91 Å². The Bertz CT molecular complexity index is 432. The normalized spacial score (nSPS) is 9.71. The van der Waals surface area contributed by atoms with Crippen molar-refractivity contribution in [3.05, 3.63) is 23.8 Å². The smallest absolute Gasteiger partial charge is 0.337 e. The van der Waals surface area contributed by atoms with E-state index in [1.54, 1.807) is 6.92 Å². The third-order valence-corrected chi connectivity index (χ3v) is 2.09. The maximum atomic E-state index is 11.2. The molecular weight excluding hydrogens is 222 g/mol. The first-order valence-electron chi connectivity index (χ1n) is 5.18. The second kappa shape index (κ2) is 5.74. The number of nitrogens with two attached hydrogens (primary N) is 1. The number of carbonyl (C=O) groups excluding carboxylic acids is 1. The zero-order valence-corrected chi connectivity index (χ0v) is 9.49. The van der Waals surface area contributed by atoms with E-state index in [1.807, 2.05) is 0 Å². The molecule has 6 nitrogen and oxygen atoms in total. The highest BCUT2D eigenvalue weighted by molar-refractivity contribution is 5.95. The van der Waals surface area contributed by atoms with Gasteiger partial charge < -0.3 is 21.5 Å². The monoisotopic (exact) mass is 237 g/mol. The SMILES string of the molecule is CCNC(=O)CNc1cc(N)ccc1C(=O)O. The average Bonchev–Trinajstić information content (AvgIpc) is 2.26. The number of amides is 1. The molecule has 0 unspecified atom stereocenters. The fourth-order valence-corrected chi connectivity index (χ4v) is 1.33. The lowest BCUT2D eigenvalue weighted by Gasteiger charge is -2.10. The molecule has 0 aromatic heterocycles. The maximum absolute atomic E-state index is 11.2. The highest BCUT2D eigenvalue weighted by Crippen LogP contribution is 2.18. The molecule has 1 amide bonds. The molecule has 0 bridgehead atoms. The van der Waals surface area contributed by atoms with Gasteiger partial charge in [-0.1, -0.05) is 0 Å². The van der Waals surface area contributed by atoms with E-state index >= 15 is 0 Å². The number of carbonyl (C=O) groups is 2. The zero-order chi connectivity index (χ0) is 12.8. The molecule has 0 aliphatic carbocycles. The Morgan fingerprint density at radius 2 is 2.12 bits per heavy atom. The van der Waals surface area contributed by atoms with Gasteiger partial charge >= 0.3 is 5.97 Å². The minimum atomic E-state index is -1.07. The number of benzene rings is 1. The lowest BCUT2D eigenvalue weighted by atomic mass is 10.1. The molecule has 0 fully saturated rings. The average molecular weight is 237 g/mol. The first-order chi connectivity index (χ1) is 8.04. The largest absolute Gasteiger partial charge is 0.478 e. The van der Waals surface area contributed by atoms with Gasteiger partial charge in [-0.3, -0.25) is 4.79 Å². The van der Waals surface area contributed by atoms with E-state index in [9.17, 15) is 9.59 Å². The fourth-order valence-electron chi connectivity index (χ4n) is 1.33. The van der Waals surface area contributed by atoms with Gasteiger partial charge in [-0.05, 0) is 25.1 Å². The van der Waals surface area contributed by atoms with Gasteiger partial charge in [-0.25, -0.2) is 4.79 Å². The summed E-state index contributed by atoms with van der Waals surface area (Å²) in [6, 6.07) is 4.39. The topological polar surface area (TPSA) is 104 Å². The van der Waals surface area contributed by atoms with Crippen LogP contribution in [0.3, 0.4) is 0 Å². The van der Waals surface area contributed by atoms with Crippen LogP contribution < -0.4 is 16.4 Å². The van der Waals surface area contributed by atoms with Crippen molar-refractivity contribution in [2.75, 3.05) is 24.1 Å². The molecule has 0 radical (unpaired) electrons. The van der Waals surface area contributed by atoms with Crippen molar-refractivity contribution in [3.63, 3.8) is 0 Å². The number of nitrogens with one attached hydrogen (secondary N) is 2. The van der Waals surface area contributed by atoms with Crippen molar-refractivity contribution in [1.82, 2.24) is 5.32 Å². The van der Waals surface area contributed by atoms with E-state index in [1.165, 1.54) is 18.2 Å². The molecule has 0 saturated heterocycles. The van der Waals surface area contributed by atoms with E-state index in [4.69, 9.17) is 10.8 Å². The fraction of sp³-hybridized carbons (Fsp3) is 0.273. The summed E-state index contributed by atoms with van der Waals surface area (Å²) in [5.41, 5.74) is 6.42. The van der Waals surface area contributed by atoms with Crippen LogP contribution in [0.2, 0.25) is 0 Å². The van der Waals surface area contributed by atoms with Crippen LogP contribution in [0, 0.1) is 0 Å². The molecule has 6 heteroatoms. The van der Waals surface area contributed by atoms with Crippen LogP contribution in [0.5, 0.6) is 0 Å². The van der Waals surface area contributed by atoms with Crippen LogP contribution in [0.4, 0.5) is 11.4 Å². The third-order valence-electron chi connectivity index (χ3n) is 2.09. The number of anilines is 2. The summed E-state index contributed by atoms with van der Waals surface area (Å²) in [6.07, 6.45) is 0. The molecule has 92 valence electrons. The van der Waals surface area contributed by atoms with Gasteiger partial charge in [0.1, 0.15) is 0 Å². The molecule has 0 aliphatic heterocycles. The number of carboxylic acids is 1. The van der Waals surface area contributed by atoms with Crippen LogP contribution in [-0.4, -0.2) is 30.1 Å². The Labute approximate surface area is 98.8 Å². The Morgan fingerprint density at radius 3 is 2.71 bits per heavy atom. The van der Waals surface area contributed by atoms with Crippen molar-refractivity contribution in [3.8, 4) is 0 Å². The molecule has 0 heterocycles. The van der Waals surface area contributed by atoms with Crippen molar-refractivity contribution >= 4 is 23.3 Å². The summed E-state index contributed by atoms with van der Waals surface area (Å²) in [5, 5.41) is 14.3. The van der Waals surface area contributed by atoms with E-state index in [-0.39, 0.29) is 18.0 Å². The van der Waals surface area contributed by atoms with Crippen LogP contribution in [-0.2, 0) is 4.79 Å². The lowest BCUT2D eigenvalue weighted by Crippen LogP contribution is -2.29. The van der Waals surface area contributed by atoms with E-state index in [2.05, 4.69) is 10.6 Å². The van der Waals surface area contributed by atoms with Crippen LogP contribution in [0.25, 0.3) is 0 Å². The van der Waals surface area contributed by atoms with Crippen molar-refractivity contribution in [2.24, 2.45) is 0 Å². The van der Waals surface area contributed by atoms with Gasteiger partial charge in [-0.15, -0.1) is 0 Å². The Kier molecular flexibility index (Phi) is 4.33. The lowest BCUT2D eigenvalue weighted by molar-refractivity contribution is -0.119. The number of carboxylic acid groups (broad SMARTS) is 1. The quantitative estimate of drug-likeness (QED) is 0.559.